The summed E-state index contributed by atoms with van der Waals surface area (Å²) in [5, 5.41) is 0.982. The lowest BCUT2D eigenvalue weighted by Gasteiger charge is -2.13. The highest BCUT2D eigenvalue weighted by molar-refractivity contribution is 5.95. The summed E-state index contributed by atoms with van der Waals surface area (Å²) < 4.78 is 30.8. The number of fused-ring (bicyclic) bond motifs is 1. The fraction of sp³-hybridized carbons (Fsp3) is 0.222. The molecule has 1 heterocycles. The van der Waals surface area contributed by atoms with Crippen LogP contribution < -0.4 is 10.5 Å². The van der Waals surface area contributed by atoms with Crippen molar-refractivity contribution in [2.75, 3.05) is 6.61 Å². The van der Waals surface area contributed by atoms with Gasteiger partial charge in [0.2, 0.25) is 0 Å². The van der Waals surface area contributed by atoms with Crippen LogP contribution in [0.3, 0.4) is 0 Å². The van der Waals surface area contributed by atoms with Crippen LogP contribution in [0.15, 0.2) is 65.3 Å². The third-order valence-electron chi connectivity index (χ3n) is 5.46. The molecule has 0 bridgehead atoms. The van der Waals surface area contributed by atoms with E-state index in [9.17, 15) is 9.18 Å². The molecule has 1 aromatic heterocycles. The summed E-state index contributed by atoms with van der Waals surface area (Å²) in [6, 6.07) is 16.2. The number of benzene rings is 3. The van der Waals surface area contributed by atoms with Crippen LogP contribution in [0.25, 0.3) is 22.1 Å². The van der Waals surface area contributed by atoms with Crippen molar-refractivity contribution in [2.45, 2.75) is 33.4 Å². The summed E-state index contributed by atoms with van der Waals surface area (Å²) in [5.41, 5.74) is 12.0. The van der Waals surface area contributed by atoms with E-state index in [0.29, 0.717) is 17.9 Å². The van der Waals surface area contributed by atoms with Crippen LogP contribution in [0, 0.1) is 12.7 Å². The zero-order chi connectivity index (χ0) is 23.4. The van der Waals surface area contributed by atoms with Gasteiger partial charge in [-0.2, -0.15) is 0 Å². The Bertz CT molecular complexity index is 1290. The highest BCUT2D eigenvalue weighted by Crippen LogP contribution is 2.34. The number of hydrogen-bond donors (Lipinski definition) is 1. The zero-order valence-corrected chi connectivity index (χ0v) is 18.7. The summed E-state index contributed by atoms with van der Waals surface area (Å²) in [4.78, 5) is 11.9. The number of ether oxygens (including phenoxy) is 2. The van der Waals surface area contributed by atoms with Gasteiger partial charge in [0.15, 0.2) is 0 Å². The monoisotopic (exact) mass is 447 g/mol. The average molecular weight is 448 g/mol. The molecule has 4 rings (SSSR count). The molecule has 0 saturated heterocycles. The summed E-state index contributed by atoms with van der Waals surface area (Å²) in [7, 11) is 0. The van der Waals surface area contributed by atoms with Gasteiger partial charge in [0, 0.05) is 29.1 Å². The number of furan rings is 1. The predicted octanol–water partition coefficient (Wildman–Crippen LogP) is 5.69. The van der Waals surface area contributed by atoms with E-state index in [0.717, 1.165) is 38.8 Å². The molecule has 0 aliphatic heterocycles. The molecule has 33 heavy (non-hydrogen) atoms. The summed E-state index contributed by atoms with van der Waals surface area (Å²) in [5.74, 6) is -0.497. The Labute approximate surface area is 191 Å². The molecule has 0 unspecified atom stereocenters. The molecule has 0 fully saturated rings. The molecule has 170 valence electrons. The second-order valence-corrected chi connectivity index (χ2v) is 7.87. The van der Waals surface area contributed by atoms with E-state index in [1.165, 1.54) is 12.1 Å². The standard InChI is InChI=1S/C27H26FNO4/c1-3-31-26(30)12-21-7-8-22(28)13-25(21)32-16-19-10-23-17(2)15-33-27(23)24(11-19)20-6-4-5-18(9-20)14-29/h4-11,13,15H,3,12,14,16,29H2,1-2H3. The maximum absolute atomic E-state index is 13.9. The van der Waals surface area contributed by atoms with E-state index in [1.54, 1.807) is 19.3 Å². The molecular weight excluding hydrogens is 421 g/mol. The third kappa shape index (κ3) is 5.07. The van der Waals surface area contributed by atoms with Gasteiger partial charge in [-0.15, -0.1) is 0 Å². The number of nitrogens with two attached hydrogens (primary N) is 1. The summed E-state index contributed by atoms with van der Waals surface area (Å²) in [6.45, 7) is 4.66. The number of carbonyl (C=O) groups excluding carboxylic acids is 1. The van der Waals surface area contributed by atoms with Gasteiger partial charge < -0.3 is 19.6 Å². The number of carbonyl (C=O) groups is 1. The van der Waals surface area contributed by atoms with Crippen molar-refractivity contribution in [3.63, 3.8) is 0 Å². The van der Waals surface area contributed by atoms with Gasteiger partial charge in [0.25, 0.3) is 0 Å². The second kappa shape index (κ2) is 9.88. The zero-order valence-electron chi connectivity index (χ0n) is 18.7. The van der Waals surface area contributed by atoms with Gasteiger partial charge in [0.05, 0.1) is 19.3 Å². The molecule has 3 aromatic carbocycles. The minimum Gasteiger partial charge on any atom is -0.488 e. The minimum atomic E-state index is -0.432. The van der Waals surface area contributed by atoms with Gasteiger partial charge in [-0.25, -0.2) is 4.39 Å². The topological polar surface area (TPSA) is 74.7 Å². The molecule has 6 heteroatoms. The minimum absolute atomic E-state index is 0.0143. The molecule has 0 saturated carbocycles. The first kappa shape index (κ1) is 22.6. The Kier molecular flexibility index (Phi) is 6.75. The Hall–Kier alpha value is -3.64. The fourth-order valence-corrected chi connectivity index (χ4v) is 3.82. The first-order valence-corrected chi connectivity index (χ1v) is 10.9. The molecule has 0 amide bonds. The molecule has 0 atom stereocenters. The van der Waals surface area contributed by atoms with Crippen LogP contribution in [0.4, 0.5) is 4.39 Å². The van der Waals surface area contributed by atoms with Crippen molar-refractivity contribution in [3.8, 4) is 16.9 Å². The number of halogens is 1. The molecule has 0 aliphatic rings. The van der Waals surface area contributed by atoms with E-state index < -0.39 is 5.82 Å². The van der Waals surface area contributed by atoms with Crippen LogP contribution in [0.1, 0.15) is 29.2 Å². The van der Waals surface area contributed by atoms with E-state index >= 15 is 0 Å². The molecule has 2 N–H and O–H groups in total. The van der Waals surface area contributed by atoms with E-state index in [4.69, 9.17) is 19.6 Å². The lowest BCUT2D eigenvalue weighted by Crippen LogP contribution is -2.09. The highest BCUT2D eigenvalue weighted by atomic mass is 19.1. The van der Waals surface area contributed by atoms with E-state index in [2.05, 4.69) is 0 Å². The predicted molar refractivity (Wildman–Crippen MR) is 125 cm³/mol. The lowest BCUT2D eigenvalue weighted by molar-refractivity contribution is -0.142. The quantitative estimate of drug-likeness (QED) is 0.351. The first-order valence-electron chi connectivity index (χ1n) is 10.9. The Morgan fingerprint density at radius 3 is 2.73 bits per heavy atom. The second-order valence-electron chi connectivity index (χ2n) is 7.87. The first-order chi connectivity index (χ1) is 16.0. The number of aryl methyl sites for hydroxylation is 1. The molecule has 5 nitrogen and oxygen atoms in total. The van der Waals surface area contributed by atoms with Crippen LogP contribution in [0.5, 0.6) is 5.75 Å². The van der Waals surface area contributed by atoms with Gasteiger partial charge in [-0.3, -0.25) is 4.79 Å². The summed E-state index contributed by atoms with van der Waals surface area (Å²) in [6.07, 6.45) is 1.75. The number of hydrogen-bond acceptors (Lipinski definition) is 5. The molecule has 4 aromatic rings. The Morgan fingerprint density at radius 2 is 1.94 bits per heavy atom. The Balaban J connectivity index is 1.67. The highest BCUT2D eigenvalue weighted by Gasteiger charge is 2.15. The maximum atomic E-state index is 13.9. The van der Waals surface area contributed by atoms with Crippen LogP contribution in [0.2, 0.25) is 0 Å². The van der Waals surface area contributed by atoms with Crippen molar-refractivity contribution in [1.82, 2.24) is 0 Å². The summed E-state index contributed by atoms with van der Waals surface area (Å²) >= 11 is 0. The number of esters is 1. The Morgan fingerprint density at radius 1 is 1.09 bits per heavy atom. The smallest absolute Gasteiger partial charge is 0.310 e. The van der Waals surface area contributed by atoms with Crippen LogP contribution in [-0.4, -0.2) is 12.6 Å². The third-order valence-corrected chi connectivity index (χ3v) is 5.46. The van der Waals surface area contributed by atoms with Crippen molar-refractivity contribution < 1.29 is 23.1 Å². The van der Waals surface area contributed by atoms with Crippen molar-refractivity contribution >= 4 is 16.9 Å². The maximum Gasteiger partial charge on any atom is 0.310 e. The van der Waals surface area contributed by atoms with Crippen LogP contribution >= 0.6 is 0 Å². The van der Waals surface area contributed by atoms with E-state index in [1.807, 2.05) is 43.3 Å². The largest absolute Gasteiger partial charge is 0.488 e. The van der Waals surface area contributed by atoms with Crippen molar-refractivity contribution in [3.05, 3.63) is 88.9 Å². The lowest BCUT2D eigenvalue weighted by atomic mass is 9.98. The van der Waals surface area contributed by atoms with Gasteiger partial charge in [-0.05, 0) is 60.4 Å². The number of rotatable bonds is 8. The van der Waals surface area contributed by atoms with Gasteiger partial charge in [0.1, 0.15) is 23.8 Å². The normalized spacial score (nSPS) is 11.0. The molecule has 0 spiro atoms. The SMILES string of the molecule is CCOC(=O)Cc1ccc(F)cc1OCc1cc(-c2cccc(CN)c2)c2occ(C)c2c1. The fourth-order valence-electron chi connectivity index (χ4n) is 3.82. The van der Waals surface area contributed by atoms with Crippen LogP contribution in [-0.2, 0) is 29.1 Å². The average Bonchev–Trinajstić information content (AvgIpc) is 3.19. The van der Waals surface area contributed by atoms with E-state index in [-0.39, 0.29) is 25.6 Å². The molecule has 0 radical (unpaired) electrons. The van der Waals surface area contributed by atoms with Gasteiger partial charge in [-0.1, -0.05) is 24.3 Å². The van der Waals surface area contributed by atoms with Gasteiger partial charge >= 0.3 is 5.97 Å². The molecule has 0 aliphatic carbocycles. The molecular formula is C27H26FNO4. The van der Waals surface area contributed by atoms with Crippen molar-refractivity contribution in [1.29, 1.82) is 0 Å². The van der Waals surface area contributed by atoms with Crippen molar-refractivity contribution in [2.24, 2.45) is 5.73 Å².